The Labute approximate surface area is 222 Å². The van der Waals surface area contributed by atoms with Gasteiger partial charge in [-0.05, 0) is 68.1 Å². The molecule has 4 rings (SSSR count). The Bertz CT molecular complexity index is 1510. The maximum Gasteiger partial charge on any atom is 0.261 e. The number of nitrogens with zero attached hydrogens (tertiary/aromatic N) is 3. The van der Waals surface area contributed by atoms with Crippen LogP contribution in [0.1, 0.15) is 64.6 Å². The van der Waals surface area contributed by atoms with Gasteiger partial charge in [0.15, 0.2) is 0 Å². The molecule has 4 aromatic rings. The topological polar surface area (TPSA) is 80.7 Å². The Morgan fingerprint density at radius 3 is 2.55 bits per heavy atom. The van der Waals surface area contributed by atoms with E-state index >= 15 is 0 Å². The highest BCUT2D eigenvalue weighted by Gasteiger charge is 2.33. The molecule has 0 saturated carbocycles. The molecule has 1 atom stereocenters. The molecule has 2 aromatic carbocycles. The highest BCUT2D eigenvalue weighted by atomic mass is 19.1. The van der Waals surface area contributed by atoms with Gasteiger partial charge in [-0.15, -0.1) is 0 Å². The molecule has 0 fully saturated rings. The highest BCUT2D eigenvalue weighted by Crippen LogP contribution is 2.32. The van der Waals surface area contributed by atoms with E-state index in [-0.39, 0.29) is 22.9 Å². The third-order valence-corrected chi connectivity index (χ3v) is 6.85. The summed E-state index contributed by atoms with van der Waals surface area (Å²) >= 11 is 0. The number of amides is 1. The number of rotatable bonds is 9. The Kier molecular flexibility index (Phi) is 8.37. The number of halogens is 1. The molecule has 7 heteroatoms. The quantitative estimate of drug-likeness (QED) is 0.332. The lowest BCUT2D eigenvalue weighted by Gasteiger charge is -2.35. The number of nitrogens with two attached hydrogens (primary N) is 1. The smallest absolute Gasteiger partial charge is 0.261 e. The Morgan fingerprint density at radius 2 is 1.87 bits per heavy atom. The van der Waals surface area contributed by atoms with Crippen LogP contribution < -0.4 is 11.3 Å². The van der Waals surface area contributed by atoms with Crippen molar-refractivity contribution in [3.63, 3.8) is 0 Å². The van der Waals surface area contributed by atoms with Crippen LogP contribution in [0.5, 0.6) is 0 Å². The Morgan fingerprint density at radius 1 is 1.08 bits per heavy atom. The number of carbonyl (C=O) groups is 1. The first-order valence-electron chi connectivity index (χ1n) is 13.0. The summed E-state index contributed by atoms with van der Waals surface area (Å²) in [6.45, 7) is 8.44. The molecule has 38 heavy (non-hydrogen) atoms. The molecule has 198 valence electrons. The van der Waals surface area contributed by atoms with Crippen LogP contribution in [0.3, 0.4) is 0 Å². The van der Waals surface area contributed by atoms with Gasteiger partial charge in [0, 0.05) is 30.3 Å². The van der Waals surface area contributed by atoms with Gasteiger partial charge in [-0.25, -0.2) is 9.37 Å². The van der Waals surface area contributed by atoms with Gasteiger partial charge in [0.05, 0.1) is 11.7 Å². The van der Waals surface area contributed by atoms with Crippen molar-refractivity contribution in [1.82, 2.24) is 14.3 Å². The predicted octanol–water partition coefficient (Wildman–Crippen LogP) is 5.23. The molecule has 1 unspecified atom stereocenters. The fourth-order valence-corrected chi connectivity index (χ4v) is 4.92. The van der Waals surface area contributed by atoms with E-state index in [2.05, 4.69) is 6.07 Å². The van der Waals surface area contributed by atoms with Crippen molar-refractivity contribution in [2.45, 2.75) is 46.6 Å². The van der Waals surface area contributed by atoms with Crippen LogP contribution >= 0.6 is 0 Å². The van der Waals surface area contributed by atoms with Gasteiger partial charge >= 0.3 is 0 Å². The molecule has 0 bridgehead atoms. The lowest BCUT2D eigenvalue weighted by atomic mass is 9.91. The molecular weight excluding hydrogens is 479 g/mol. The van der Waals surface area contributed by atoms with Gasteiger partial charge in [-0.1, -0.05) is 55.8 Å². The molecule has 1 amide bonds. The van der Waals surface area contributed by atoms with Crippen LogP contribution in [0.15, 0.2) is 71.7 Å². The number of fused-ring (bicyclic) bond motifs is 1. The molecule has 0 radical (unpaired) electrons. The van der Waals surface area contributed by atoms with Crippen molar-refractivity contribution < 1.29 is 9.18 Å². The van der Waals surface area contributed by atoms with Crippen molar-refractivity contribution in [2.24, 2.45) is 11.7 Å². The van der Waals surface area contributed by atoms with Gasteiger partial charge in [0.1, 0.15) is 11.5 Å². The molecule has 2 heterocycles. The number of hydrogen-bond acceptors (Lipinski definition) is 4. The first-order valence-corrected chi connectivity index (χ1v) is 13.0. The van der Waals surface area contributed by atoms with Crippen molar-refractivity contribution in [2.75, 3.05) is 13.1 Å². The lowest BCUT2D eigenvalue weighted by molar-refractivity contribution is 0.0614. The number of aryl methyl sites for hydroxylation is 2. The summed E-state index contributed by atoms with van der Waals surface area (Å²) in [6, 6.07) is 17.5. The third kappa shape index (κ3) is 5.68. The molecule has 0 saturated heterocycles. The van der Waals surface area contributed by atoms with Crippen molar-refractivity contribution in [1.29, 1.82) is 0 Å². The van der Waals surface area contributed by atoms with Crippen LogP contribution in [0, 0.1) is 25.6 Å². The van der Waals surface area contributed by atoms with Crippen LogP contribution in [-0.2, 0) is 6.42 Å². The van der Waals surface area contributed by atoms with E-state index < -0.39 is 11.9 Å². The van der Waals surface area contributed by atoms with Crippen LogP contribution in [0.2, 0.25) is 0 Å². The summed E-state index contributed by atoms with van der Waals surface area (Å²) in [7, 11) is 0. The summed E-state index contributed by atoms with van der Waals surface area (Å²) < 4.78 is 16.0. The molecule has 0 aliphatic carbocycles. The monoisotopic (exact) mass is 514 g/mol. The normalized spacial score (nSPS) is 12.2. The van der Waals surface area contributed by atoms with Crippen LogP contribution in [0.4, 0.5) is 4.39 Å². The fraction of sp³-hybridized carbons (Fsp3) is 0.323. The second-order valence-electron chi connectivity index (χ2n) is 10.2. The SMILES string of the molecule is Cc1cccc(Cc2c(C(C(C)C)N(CCCN)C(=O)c3ccc(C)c(F)c3)nc3ccccn3c2=O)c1. The number of pyridine rings is 1. The highest BCUT2D eigenvalue weighted by molar-refractivity contribution is 5.94. The number of aromatic nitrogens is 2. The number of hydrogen-bond donors (Lipinski definition) is 1. The molecule has 0 aliphatic rings. The van der Waals surface area contributed by atoms with Crippen LogP contribution in [-0.4, -0.2) is 33.3 Å². The van der Waals surface area contributed by atoms with E-state index in [1.165, 1.54) is 6.07 Å². The van der Waals surface area contributed by atoms with Gasteiger partial charge in [0.25, 0.3) is 11.5 Å². The third-order valence-electron chi connectivity index (χ3n) is 6.85. The fourth-order valence-electron chi connectivity index (χ4n) is 4.92. The predicted molar refractivity (Wildman–Crippen MR) is 149 cm³/mol. The molecule has 0 spiro atoms. The largest absolute Gasteiger partial charge is 0.330 e. The zero-order valence-corrected chi connectivity index (χ0v) is 22.4. The maximum absolute atomic E-state index is 14.5. The Balaban J connectivity index is 1.92. The first kappa shape index (κ1) is 27.2. The second-order valence-corrected chi connectivity index (χ2v) is 10.2. The Hall–Kier alpha value is -3.84. The second kappa shape index (κ2) is 11.7. The summed E-state index contributed by atoms with van der Waals surface area (Å²) in [5.41, 5.74) is 10.1. The van der Waals surface area contributed by atoms with Gasteiger partial charge in [0.2, 0.25) is 0 Å². The summed E-state index contributed by atoms with van der Waals surface area (Å²) in [4.78, 5) is 34.5. The molecule has 0 aliphatic heterocycles. The molecule has 2 N–H and O–H groups in total. The standard InChI is InChI=1S/C31H35FN4O2/c1-20(2)29(36(16-8-14-33)30(37)24-13-12-22(4)26(32)19-24)28-25(18-23-10-7-9-21(3)17-23)31(38)35-15-6-5-11-27(35)34-28/h5-7,9-13,15,17,19-20,29H,8,14,16,18,33H2,1-4H3. The molecule has 2 aromatic heterocycles. The van der Waals surface area contributed by atoms with Gasteiger partial charge in [-0.2, -0.15) is 0 Å². The summed E-state index contributed by atoms with van der Waals surface area (Å²) in [5.74, 6) is -0.827. The van der Waals surface area contributed by atoms with E-state index in [0.717, 1.165) is 11.1 Å². The van der Waals surface area contributed by atoms with Crippen molar-refractivity contribution in [3.05, 3.63) is 117 Å². The summed E-state index contributed by atoms with van der Waals surface area (Å²) in [5, 5.41) is 0. The number of benzene rings is 2. The summed E-state index contributed by atoms with van der Waals surface area (Å²) in [6.07, 6.45) is 2.65. The van der Waals surface area contributed by atoms with E-state index in [1.54, 1.807) is 46.7 Å². The van der Waals surface area contributed by atoms with Gasteiger partial charge in [-0.3, -0.25) is 14.0 Å². The average Bonchev–Trinajstić information content (AvgIpc) is 2.89. The van der Waals surface area contributed by atoms with Crippen molar-refractivity contribution in [3.8, 4) is 0 Å². The molecular formula is C31H35FN4O2. The maximum atomic E-state index is 14.5. The minimum atomic E-state index is -0.517. The van der Waals surface area contributed by atoms with Gasteiger partial charge < -0.3 is 10.6 Å². The minimum absolute atomic E-state index is 0.0821. The number of carbonyl (C=O) groups excluding carboxylic acids is 1. The molecule has 6 nitrogen and oxygen atoms in total. The van der Waals surface area contributed by atoms with E-state index in [9.17, 15) is 14.0 Å². The van der Waals surface area contributed by atoms with E-state index in [0.29, 0.717) is 48.4 Å². The zero-order chi connectivity index (χ0) is 27.4. The first-order chi connectivity index (χ1) is 18.2. The van der Waals surface area contributed by atoms with Crippen molar-refractivity contribution >= 4 is 11.6 Å². The zero-order valence-electron chi connectivity index (χ0n) is 22.4. The lowest BCUT2D eigenvalue weighted by Crippen LogP contribution is -2.41. The minimum Gasteiger partial charge on any atom is -0.330 e. The average molecular weight is 515 g/mol. The van der Waals surface area contributed by atoms with Crippen LogP contribution in [0.25, 0.3) is 5.65 Å². The van der Waals surface area contributed by atoms with E-state index in [4.69, 9.17) is 10.7 Å². The van der Waals surface area contributed by atoms with E-state index in [1.807, 2.05) is 45.0 Å².